The van der Waals surface area contributed by atoms with E-state index in [0.717, 1.165) is 19.3 Å². The summed E-state index contributed by atoms with van der Waals surface area (Å²) in [6.45, 7) is 6.48. The standard InChI is InChI=1S/C16H36NO2/c1-4-7-8-9-10-11-12-13-14-15-16(5-2)17(18,19)6-3/h16,18-19H,4-15H2,1-3H3/q+1. The van der Waals surface area contributed by atoms with Gasteiger partial charge < -0.3 is 0 Å². The second-order valence-electron chi connectivity index (χ2n) is 5.78. The highest BCUT2D eigenvalue weighted by molar-refractivity contribution is 4.55. The van der Waals surface area contributed by atoms with Crippen LogP contribution in [0.1, 0.15) is 91.4 Å². The molecule has 0 saturated carbocycles. The number of unbranched alkanes of at least 4 members (excludes halogenated alkanes) is 8. The molecular weight excluding hydrogens is 238 g/mol. The van der Waals surface area contributed by atoms with Crippen LogP contribution in [-0.2, 0) is 0 Å². The van der Waals surface area contributed by atoms with Gasteiger partial charge in [-0.2, -0.15) is 10.4 Å². The van der Waals surface area contributed by atoms with Crippen LogP contribution in [0.3, 0.4) is 0 Å². The van der Waals surface area contributed by atoms with Gasteiger partial charge in [-0.25, -0.2) is 0 Å². The molecule has 0 amide bonds. The molecule has 0 aromatic carbocycles. The first-order chi connectivity index (χ1) is 9.08. The number of hydroxylamine groups is 4. The summed E-state index contributed by atoms with van der Waals surface area (Å²) in [7, 11) is 0. The zero-order valence-corrected chi connectivity index (χ0v) is 13.4. The van der Waals surface area contributed by atoms with Crippen LogP contribution in [0.25, 0.3) is 0 Å². The third-order valence-electron chi connectivity index (χ3n) is 4.16. The Morgan fingerprint density at radius 1 is 0.737 bits per heavy atom. The fourth-order valence-corrected chi connectivity index (χ4v) is 2.65. The highest BCUT2D eigenvalue weighted by Gasteiger charge is 2.31. The molecule has 0 saturated heterocycles. The summed E-state index contributed by atoms with van der Waals surface area (Å²) in [5, 5.41) is 19.6. The highest BCUT2D eigenvalue weighted by Crippen LogP contribution is 2.18. The zero-order chi connectivity index (χ0) is 14.6. The summed E-state index contributed by atoms with van der Waals surface area (Å²) in [6.07, 6.45) is 13.6. The molecule has 0 fully saturated rings. The number of hydrogen-bond donors (Lipinski definition) is 2. The molecule has 19 heavy (non-hydrogen) atoms. The number of nitrogens with zero attached hydrogens (tertiary/aromatic N) is 1. The Morgan fingerprint density at radius 2 is 1.21 bits per heavy atom. The van der Waals surface area contributed by atoms with Gasteiger partial charge in [0.1, 0.15) is 6.54 Å². The van der Waals surface area contributed by atoms with Gasteiger partial charge in [0.15, 0.2) is 6.04 Å². The predicted octanol–water partition coefficient (Wildman–Crippen LogP) is 5.30. The molecule has 116 valence electrons. The van der Waals surface area contributed by atoms with Crippen molar-refractivity contribution in [1.29, 1.82) is 0 Å². The van der Waals surface area contributed by atoms with Crippen molar-refractivity contribution in [2.75, 3.05) is 6.54 Å². The van der Waals surface area contributed by atoms with E-state index in [4.69, 9.17) is 0 Å². The highest BCUT2D eigenvalue weighted by atomic mass is 16.8. The third kappa shape index (κ3) is 9.42. The maximum atomic E-state index is 9.80. The zero-order valence-electron chi connectivity index (χ0n) is 13.4. The van der Waals surface area contributed by atoms with Gasteiger partial charge in [-0.15, -0.1) is 0 Å². The monoisotopic (exact) mass is 274 g/mol. The van der Waals surface area contributed by atoms with E-state index in [1.807, 2.05) is 13.8 Å². The molecule has 0 radical (unpaired) electrons. The summed E-state index contributed by atoms with van der Waals surface area (Å²) in [5.41, 5.74) is 0. The fraction of sp³-hybridized carbons (Fsp3) is 1.00. The lowest BCUT2D eigenvalue weighted by Gasteiger charge is -2.28. The van der Waals surface area contributed by atoms with E-state index in [2.05, 4.69) is 6.92 Å². The minimum atomic E-state index is -0.798. The Labute approximate surface area is 120 Å². The van der Waals surface area contributed by atoms with Crippen LogP contribution < -0.4 is 0 Å². The van der Waals surface area contributed by atoms with Crippen molar-refractivity contribution >= 4 is 0 Å². The van der Waals surface area contributed by atoms with Crippen LogP contribution >= 0.6 is 0 Å². The maximum Gasteiger partial charge on any atom is 0.151 e. The second kappa shape index (κ2) is 11.7. The van der Waals surface area contributed by atoms with Gasteiger partial charge in [-0.3, -0.25) is 0 Å². The first-order valence-electron chi connectivity index (χ1n) is 8.41. The quantitative estimate of drug-likeness (QED) is 0.272. The first kappa shape index (κ1) is 18.9. The molecule has 3 nitrogen and oxygen atoms in total. The Bertz CT molecular complexity index is 195. The molecule has 3 heteroatoms. The van der Waals surface area contributed by atoms with Crippen LogP contribution in [0, 0.1) is 0 Å². The number of quaternary nitrogens is 1. The topological polar surface area (TPSA) is 40.5 Å². The van der Waals surface area contributed by atoms with E-state index < -0.39 is 4.81 Å². The molecule has 1 unspecified atom stereocenters. The van der Waals surface area contributed by atoms with Crippen molar-refractivity contribution in [2.45, 2.75) is 97.4 Å². The molecule has 0 spiro atoms. The SMILES string of the molecule is CCCCCCCCCCCC(CC)[N+](O)(O)CC. The van der Waals surface area contributed by atoms with Crippen molar-refractivity contribution in [3.05, 3.63) is 0 Å². The van der Waals surface area contributed by atoms with Gasteiger partial charge in [0, 0.05) is 12.8 Å². The second-order valence-corrected chi connectivity index (χ2v) is 5.78. The predicted molar refractivity (Wildman–Crippen MR) is 80.3 cm³/mol. The summed E-state index contributed by atoms with van der Waals surface area (Å²) in [5.74, 6) is 0. The van der Waals surface area contributed by atoms with E-state index in [9.17, 15) is 10.4 Å². The van der Waals surface area contributed by atoms with Crippen LogP contribution in [0.15, 0.2) is 0 Å². The van der Waals surface area contributed by atoms with Gasteiger partial charge in [-0.05, 0) is 18.2 Å². The lowest BCUT2D eigenvalue weighted by atomic mass is 10.0. The van der Waals surface area contributed by atoms with Crippen molar-refractivity contribution < 1.29 is 15.2 Å². The molecule has 0 bridgehead atoms. The minimum absolute atomic E-state index is 0.0189. The molecule has 0 heterocycles. The molecule has 0 aromatic rings. The average Bonchev–Trinajstić information content (AvgIpc) is 2.41. The normalized spacial score (nSPS) is 13.7. The summed E-state index contributed by atoms with van der Waals surface area (Å²) in [6, 6.07) is -0.0189. The van der Waals surface area contributed by atoms with Crippen molar-refractivity contribution in [3.8, 4) is 0 Å². The molecule has 0 rings (SSSR count). The molecule has 0 aromatic heterocycles. The Kier molecular flexibility index (Phi) is 11.6. The Hall–Kier alpha value is -0.120. The lowest BCUT2D eigenvalue weighted by Crippen LogP contribution is -2.49. The van der Waals surface area contributed by atoms with Gasteiger partial charge in [-0.1, -0.05) is 65.2 Å². The van der Waals surface area contributed by atoms with E-state index in [-0.39, 0.29) is 6.04 Å². The van der Waals surface area contributed by atoms with Crippen molar-refractivity contribution in [2.24, 2.45) is 0 Å². The van der Waals surface area contributed by atoms with Crippen LogP contribution in [0.4, 0.5) is 0 Å². The molecule has 0 aliphatic heterocycles. The molecule has 1 atom stereocenters. The summed E-state index contributed by atoms with van der Waals surface area (Å²) < 4.78 is 0. The van der Waals surface area contributed by atoms with Gasteiger partial charge in [0.25, 0.3) is 0 Å². The molecule has 0 aliphatic carbocycles. The Balaban J connectivity index is 3.47. The van der Waals surface area contributed by atoms with Crippen LogP contribution in [0.2, 0.25) is 0 Å². The van der Waals surface area contributed by atoms with Gasteiger partial charge in [0.2, 0.25) is 0 Å². The van der Waals surface area contributed by atoms with Crippen LogP contribution in [-0.4, -0.2) is 27.8 Å². The summed E-state index contributed by atoms with van der Waals surface area (Å²) >= 11 is 0. The fourth-order valence-electron chi connectivity index (χ4n) is 2.65. The van der Waals surface area contributed by atoms with E-state index >= 15 is 0 Å². The van der Waals surface area contributed by atoms with Gasteiger partial charge >= 0.3 is 0 Å². The average molecular weight is 274 g/mol. The smallest absolute Gasteiger partial charge is 0.151 e. The van der Waals surface area contributed by atoms with E-state index in [1.165, 1.54) is 51.4 Å². The number of hydrogen-bond acceptors (Lipinski definition) is 2. The van der Waals surface area contributed by atoms with Crippen molar-refractivity contribution in [1.82, 2.24) is 0 Å². The Morgan fingerprint density at radius 3 is 1.63 bits per heavy atom. The van der Waals surface area contributed by atoms with E-state index in [1.54, 1.807) is 0 Å². The van der Waals surface area contributed by atoms with E-state index in [0.29, 0.717) is 6.54 Å². The first-order valence-corrected chi connectivity index (χ1v) is 8.41. The minimum Gasteiger partial charge on any atom is -0.182 e. The molecule has 2 N–H and O–H groups in total. The molecule has 0 aliphatic rings. The summed E-state index contributed by atoms with van der Waals surface area (Å²) in [4.78, 5) is -0.798. The lowest BCUT2D eigenvalue weighted by molar-refractivity contribution is -1.26. The maximum absolute atomic E-state index is 9.80. The van der Waals surface area contributed by atoms with Crippen LogP contribution in [0.5, 0.6) is 0 Å². The number of rotatable bonds is 13. The molecular formula is C16H36NO2+. The van der Waals surface area contributed by atoms with Gasteiger partial charge in [0.05, 0.1) is 0 Å². The largest absolute Gasteiger partial charge is 0.182 e. The third-order valence-corrected chi connectivity index (χ3v) is 4.16. The van der Waals surface area contributed by atoms with Crippen molar-refractivity contribution in [3.63, 3.8) is 0 Å².